The summed E-state index contributed by atoms with van der Waals surface area (Å²) in [6.45, 7) is 2.05. The topological polar surface area (TPSA) is 96.2 Å². The number of carboxylic acid groups (broad SMARTS) is 1. The van der Waals surface area contributed by atoms with Gasteiger partial charge in [-0.3, -0.25) is 14.9 Å². The van der Waals surface area contributed by atoms with Gasteiger partial charge in [-0.1, -0.05) is 43.3 Å². The van der Waals surface area contributed by atoms with Gasteiger partial charge in [0.15, 0.2) is 0 Å². The molecule has 0 unspecified atom stereocenters. The van der Waals surface area contributed by atoms with Crippen LogP contribution in [-0.2, 0) is 11.2 Å². The number of rotatable bonds is 6. The van der Waals surface area contributed by atoms with Gasteiger partial charge in [-0.05, 0) is 17.5 Å². The van der Waals surface area contributed by atoms with Crippen molar-refractivity contribution in [3.63, 3.8) is 0 Å². The van der Waals surface area contributed by atoms with E-state index in [2.05, 4.69) is 4.98 Å². The maximum Gasteiger partial charge on any atom is 0.304 e. The summed E-state index contributed by atoms with van der Waals surface area (Å²) in [5.74, 6) is -1.59. The molecule has 0 spiro atoms. The number of nitrogens with zero attached hydrogens (tertiary/aromatic N) is 1. The van der Waals surface area contributed by atoms with E-state index in [1.807, 2.05) is 25.1 Å². The predicted molar refractivity (Wildman–Crippen MR) is 94.9 cm³/mol. The summed E-state index contributed by atoms with van der Waals surface area (Å²) in [5, 5.41) is 21.7. The number of fused-ring (bicyclic) bond motifs is 1. The van der Waals surface area contributed by atoms with Gasteiger partial charge in [0.2, 0.25) is 0 Å². The van der Waals surface area contributed by atoms with Gasteiger partial charge >= 0.3 is 5.97 Å². The molecule has 25 heavy (non-hydrogen) atoms. The van der Waals surface area contributed by atoms with Crippen LogP contribution >= 0.6 is 0 Å². The minimum absolute atomic E-state index is 0.0604. The van der Waals surface area contributed by atoms with Gasteiger partial charge in [0.05, 0.1) is 11.3 Å². The Hall–Kier alpha value is -3.15. The number of nitro groups is 1. The van der Waals surface area contributed by atoms with Gasteiger partial charge in [0.1, 0.15) is 0 Å². The first-order valence-corrected chi connectivity index (χ1v) is 8.07. The van der Waals surface area contributed by atoms with E-state index in [0.717, 1.165) is 28.5 Å². The molecule has 0 bridgehead atoms. The number of aromatic nitrogens is 1. The van der Waals surface area contributed by atoms with Crippen LogP contribution in [0.2, 0.25) is 0 Å². The van der Waals surface area contributed by atoms with Gasteiger partial charge in [-0.15, -0.1) is 0 Å². The number of benzene rings is 2. The number of hydrogen-bond acceptors (Lipinski definition) is 3. The standard InChI is InChI=1S/C19H18N2O4/c1-2-12-6-5-8-14-16(11-20-19(12)14)15(10-18(22)23)13-7-3-4-9-17(13)21(24)25/h3-9,11,15,20H,2,10H2,1H3,(H,22,23)/t15-/m0/s1. The second-order valence-corrected chi connectivity index (χ2v) is 5.90. The lowest BCUT2D eigenvalue weighted by molar-refractivity contribution is -0.385. The molecule has 6 nitrogen and oxygen atoms in total. The van der Waals surface area contributed by atoms with Crippen molar-refractivity contribution in [3.8, 4) is 0 Å². The number of aryl methyl sites for hydroxylation is 1. The van der Waals surface area contributed by atoms with Crippen molar-refractivity contribution in [2.24, 2.45) is 0 Å². The van der Waals surface area contributed by atoms with E-state index in [4.69, 9.17) is 0 Å². The molecule has 0 radical (unpaired) electrons. The zero-order chi connectivity index (χ0) is 18.0. The average molecular weight is 338 g/mol. The van der Waals surface area contributed by atoms with E-state index < -0.39 is 16.8 Å². The van der Waals surface area contributed by atoms with E-state index >= 15 is 0 Å². The summed E-state index contributed by atoms with van der Waals surface area (Å²) < 4.78 is 0. The highest BCUT2D eigenvalue weighted by molar-refractivity contribution is 5.88. The van der Waals surface area contributed by atoms with Crippen LogP contribution in [0.4, 0.5) is 5.69 Å². The molecule has 6 heteroatoms. The molecule has 1 aromatic heterocycles. The molecular weight excluding hydrogens is 320 g/mol. The number of para-hydroxylation sites is 2. The molecular formula is C19H18N2O4. The van der Waals surface area contributed by atoms with Crippen molar-refractivity contribution < 1.29 is 14.8 Å². The average Bonchev–Trinajstić information content (AvgIpc) is 3.03. The Bertz CT molecular complexity index is 946. The molecule has 1 heterocycles. The Morgan fingerprint density at radius 2 is 1.96 bits per heavy atom. The summed E-state index contributed by atoms with van der Waals surface area (Å²) in [7, 11) is 0. The van der Waals surface area contributed by atoms with Crippen molar-refractivity contribution >= 4 is 22.6 Å². The molecule has 0 saturated heterocycles. The Morgan fingerprint density at radius 3 is 2.64 bits per heavy atom. The lowest BCUT2D eigenvalue weighted by Crippen LogP contribution is -2.09. The summed E-state index contributed by atoms with van der Waals surface area (Å²) in [5.41, 5.74) is 3.20. The van der Waals surface area contributed by atoms with E-state index in [1.54, 1.807) is 24.4 Å². The Kier molecular flexibility index (Phi) is 4.52. The predicted octanol–water partition coefficient (Wildman–Crippen LogP) is 4.25. The third kappa shape index (κ3) is 3.10. The summed E-state index contributed by atoms with van der Waals surface area (Å²) in [6, 6.07) is 12.2. The fraction of sp³-hybridized carbons (Fsp3) is 0.211. The molecule has 2 N–H and O–H groups in total. The lowest BCUT2D eigenvalue weighted by atomic mass is 9.87. The van der Waals surface area contributed by atoms with Crippen LogP contribution in [0.1, 0.15) is 36.0 Å². The Balaban J connectivity index is 2.22. The number of hydrogen-bond donors (Lipinski definition) is 2. The maximum absolute atomic E-state index is 11.4. The number of carboxylic acids is 1. The van der Waals surface area contributed by atoms with Gasteiger partial charge < -0.3 is 10.1 Å². The van der Waals surface area contributed by atoms with E-state index in [0.29, 0.717) is 5.56 Å². The molecule has 128 valence electrons. The summed E-state index contributed by atoms with van der Waals surface area (Å²) in [6.07, 6.45) is 2.40. The van der Waals surface area contributed by atoms with Crippen LogP contribution in [0.15, 0.2) is 48.7 Å². The van der Waals surface area contributed by atoms with E-state index in [-0.39, 0.29) is 12.1 Å². The molecule has 0 amide bonds. The SMILES string of the molecule is CCc1cccc2c([C@@H](CC(=O)O)c3ccccc3[N+](=O)[O-])c[nH]c12. The molecule has 0 fully saturated rings. The molecule has 0 aliphatic heterocycles. The van der Waals surface area contributed by atoms with Crippen LogP contribution < -0.4 is 0 Å². The van der Waals surface area contributed by atoms with E-state index in [9.17, 15) is 20.0 Å². The smallest absolute Gasteiger partial charge is 0.304 e. The summed E-state index contributed by atoms with van der Waals surface area (Å²) >= 11 is 0. The third-order valence-electron chi connectivity index (χ3n) is 4.48. The number of aliphatic carboxylic acids is 1. The fourth-order valence-electron chi connectivity index (χ4n) is 3.33. The lowest BCUT2D eigenvalue weighted by Gasteiger charge is -2.15. The fourth-order valence-corrected chi connectivity index (χ4v) is 3.33. The van der Waals surface area contributed by atoms with Gasteiger partial charge in [-0.25, -0.2) is 0 Å². The quantitative estimate of drug-likeness (QED) is 0.519. The van der Waals surface area contributed by atoms with Crippen molar-refractivity contribution in [1.29, 1.82) is 0 Å². The first kappa shape index (κ1) is 16.7. The number of nitrogens with one attached hydrogen (secondary N) is 1. The number of nitro benzene ring substituents is 1. The third-order valence-corrected chi connectivity index (χ3v) is 4.48. The molecule has 2 aromatic carbocycles. The second kappa shape index (κ2) is 6.76. The highest BCUT2D eigenvalue weighted by atomic mass is 16.6. The molecule has 3 rings (SSSR count). The second-order valence-electron chi connectivity index (χ2n) is 5.90. The monoisotopic (exact) mass is 338 g/mol. The number of aromatic amines is 1. The van der Waals surface area contributed by atoms with Gasteiger partial charge in [-0.2, -0.15) is 0 Å². The summed E-state index contributed by atoms with van der Waals surface area (Å²) in [4.78, 5) is 25.6. The molecule has 0 aliphatic carbocycles. The van der Waals surface area contributed by atoms with Crippen LogP contribution in [0.5, 0.6) is 0 Å². The minimum atomic E-state index is -0.996. The van der Waals surface area contributed by atoms with Crippen LogP contribution in [0.25, 0.3) is 10.9 Å². The van der Waals surface area contributed by atoms with Gasteiger partial charge in [0, 0.05) is 34.6 Å². The normalized spacial score (nSPS) is 12.2. The first-order valence-electron chi connectivity index (χ1n) is 8.07. The van der Waals surface area contributed by atoms with E-state index in [1.165, 1.54) is 6.07 Å². The van der Waals surface area contributed by atoms with Crippen molar-refractivity contribution in [1.82, 2.24) is 4.98 Å². The largest absolute Gasteiger partial charge is 0.481 e. The molecule has 1 atom stereocenters. The number of H-pyrrole nitrogens is 1. The highest BCUT2D eigenvalue weighted by Gasteiger charge is 2.27. The highest BCUT2D eigenvalue weighted by Crippen LogP contribution is 2.38. The van der Waals surface area contributed by atoms with Crippen molar-refractivity contribution in [2.45, 2.75) is 25.7 Å². The van der Waals surface area contributed by atoms with Crippen LogP contribution in [-0.4, -0.2) is 21.0 Å². The molecule has 0 aliphatic rings. The number of carbonyl (C=O) groups is 1. The Morgan fingerprint density at radius 1 is 1.20 bits per heavy atom. The maximum atomic E-state index is 11.4. The molecule has 0 saturated carbocycles. The molecule has 3 aromatic rings. The minimum Gasteiger partial charge on any atom is -0.481 e. The Labute approximate surface area is 144 Å². The first-order chi connectivity index (χ1) is 12.0. The van der Waals surface area contributed by atoms with Crippen LogP contribution in [0, 0.1) is 10.1 Å². The zero-order valence-electron chi connectivity index (χ0n) is 13.7. The van der Waals surface area contributed by atoms with Gasteiger partial charge in [0.25, 0.3) is 5.69 Å². The van der Waals surface area contributed by atoms with Crippen molar-refractivity contribution in [2.75, 3.05) is 0 Å². The zero-order valence-corrected chi connectivity index (χ0v) is 13.7. The van der Waals surface area contributed by atoms with Crippen LogP contribution in [0.3, 0.4) is 0 Å². The van der Waals surface area contributed by atoms with Crippen molar-refractivity contribution in [3.05, 3.63) is 75.5 Å².